The van der Waals surface area contributed by atoms with E-state index in [1.807, 2.05) is 9.80 Å². The van der Waals surface area contributed by atoms with Crippen LogP contribution in [0.3, 0.4) is 0 Å². The number of methoxy groups -OCH3 is 1. The Morgan fingerprint density at radius 2 is 2.23 bits per heavy atom. The summed E-state index contributed by atoms with van der Waals surface area (Å²) in [4.78, 5) is 35.0. The predicted octanol–water partition coefficient (Wildman–Crippen LogP) is 0.235. The summed E-state index contributed by atoms with van der Waals surface area (Å²) in [5.74, 6) is 0.880. The Morgan fingerprint density at radius 1 is 1.36 bits per heavy atom. The van der Waals surface area contributed by atoms with Crippen LogP contribution in [-0.4, -0.2) is 60.7 Å². The van der Waals surface area contributed by atoms with Crippen LogP contribution in [0.5, 0.6) is 0 Å². The standard InChI is InChI=1S/C15H22N4O3/c1-22-8-7-18-5-2-3-15(14(18)21)4-6-19(10-15)12-9-13(20)17-11-16-12/h9,11H,2-8,10H2,1H3,(H,16,17,20)/t15-/m0/s1. The van der Waals surface area contributed by atoms with Crippen LogP contribution < -0.4 is 10.5 Å². The Morgan fingerprint density at radius 3 is 3.00 bits per heavy atom. The zero-order valence-corrected chi connectivity index (χ0v) is 12.9. The van der Waals surface area contributed by atoms with Gasteiger partial charge in [-0.1, -0.05) is 0 Å². The molecule has 0 aromatic carbocycles. The molecule has 1 N–H and O–H groups in total. The van der Waals surface area contributed by atoms with Crippen LogP contribution in [0.15, 0.2) is 17.2 Å². The number of hydrogen-bond donors (Lipinski definition) is 1. The van der Waals surface area contributed by atoms with Gasteiger partial charge in [0.25, 0.3) is 5.56 Å². The predicted molar refractivity (Wildman–Crippen MR) is 81.8 cm³/mol. The molecular formula is C15H22N4O3. The van der Waals surface area contributed by atoms with E-state index in [-0.39, 0.29) is 16.9 Å². The molecule has 0 unspecified atom stereocenters. The average Bonchev–Trinajstić information content (AvgIpc) is 2.94. The lowest BCUT2D eigenvalue weighted by atomic mass is 9.78. The van der Waals surface area contributed by atoms with Crippen molar-refractivity contribution in [2.45, 2.75) is 19.3 Å². The summed E-state index contributed by atoms with van der Waals surface area (Å²) in [6, 6.07) is 1.50. The van der Waals surface area contributed by atoms with Gasteiger partial charge in [0.05, 0.1) is 18.3 Å². The molecule has 3 heterocycles. The first-order valence-corrected chi connectivity index (χ1v) is 7.73. The maximum atomic E-state index is 12.9. The minimum absolute atomic E-state index is 0.164. The number of rotatable bonds is 4. The number of anilines is 1. The molecule has 2 aliphatic heterocycles. The highest BCUT2D eigenvalue weighted by molar-refractivity contribution is 5.85. The molecule has 1 aromatic heterocycles. The molecule has 7 heteroatoms. The highest BCUT2D eigenvalue weighted by atomic mass is 16.5. The SMILES string of the molecule is COCCN1CCC[C@@]2(CCN(c3cc(=O)[nH]cn3)C2)C1=O. The lowest BCUT2D eigenvalue weighted by molar-refractivity contribution is -0.145. The summed E-state index contributed by atoms with van der Waals surface area (Å²) in [7, 11) is 1.65. The zero-order valence-electron chi connectivity index (χ0n) is 12.9. The van der Waals surface area contributed by atoms with E-state index in [1.165, 1.54) is 12.4 Å². The molecular weight excluding hydrogens is 284 g/mol. The summed E-state index contributed by atoms with van der Waals surface area (Å²) >= 11 is 0. The van der Waals surface area contributed by atoms with E-state index in [9.17, 15) is 9.59 Å². The van der Waals surface area contributed by atoms with Gasteiger partial charge in [-0.05, 0) is 19.3 Å². The average molecular weight is 306 g/mol. The maximum Gasteiger partial charge on any atom is 0.252 e. The molecule has 0 bridgehead atoms. The highest BCUT2D eigenvalue weighted by Crippen LogP contribution is 2.40. The van der Waals surface area contributed by atoms with Crippen molar-refractivity contribution in [2.75, 3.05) is 44.8 Å². The molecule has 22 heavy (non-hydrogen) atoms. The lowest BCUT2D eigenvalue weighted by Crippen LogP contribution is -2.51. The van der Waals surface area contributed by atoms with Crippen LogP contribution in [0.25, 0.3) is 0 Å². The summed E-state index contributed by atoms with van der Waals surface area (Å²) in [6.45, 7) is 3.45. The van der Waals surface area contributed by atoms with Crippen molar-refractivity contribution in [1.82, 2.24) is 14.9 Å². The van der Waals surface area contributed by atoms with Crippen molar-refractivity contribution >= 4 is 11.7 Å². The topological polar surface area (TPSA) is 78.5 Å². The number of carbonyl (C=O) groups excluding carboxylic acids is 1. The second kappa shape index (κ2) is 6.08. The molecule has 0 saturated carbocycles. The van der Waals surface area contributed by atoms with Crippen LogP contribution in [0.2, 0.25) is 0 Å². The van der Waals surface area contributed by atoms with Crippen LogP contribution in [-0.2, 0) is 9.53 Å². The normalized spacial score (nSPS) is 25.2. The molecule has 120 valence electrons. The van der Waals surface area contributed by atoms with E-state index in [4.69, 9.17) is 4.74 Å². The number of nitrogens with zero attached hydrogens (tertiary/aromatic N) is 3. The van der Waals surface area contributed by atoms with E-state index in [2.05, 4.69) is 9.97 Å². The van der Waals surface area contributed by atoms with Gasteiger partial charge in [-0.25, -0.2) is 4.98 Å². The van der Waals surface area contributed by atoms with Gasteiger partial charge in [-0.2, -0.15) is 0 Å². The third kappa shape index (κ3) is 2.72. The second-order valence-corrected chi connectivity index (χ2v) is 6.11. The van der Waals surface area contributed by atoms with E-state index < -0.39 is 0 Å². The van der Waals surface area contributed by atoms with Crippen molar-refractivity contribution in [3.63, 3.8) is 0 Å². The number of hydrogen-bond acceptors (Lipinski definition) is 5. The quantitative estimate of drug-likeness (QED) is 0.862. The monoisotopic (exact) mass is 306 g/mol. The lowest BCUT2D eigenvalue weighted by Gasteiger charge is -2.39. The molecule has 3 rings (SSSR count). The van der Waals surface area contributed by atoms with Gasteiger partial charge < -0.3 is 19.5 Å². The van der Waals surface area contributed by atoms with Gasteiger partial charge in [-0.3, -0.25) is 9.59 Å². The summed E-state index contributed by atoms with van der Waals surface area (Å²) in [6.07, 6.45) is 4.17. The molecule has 0 radical (unpaired) electrons. The summed E-state index contributed by atoms with van der Waals surface area (Å²) < 4.78 is 5.10. The second-order valence-electron chi connectivity index (χ2n) is 6.11. The number of nitrogens with one attached hydrogen (secondary N) is 1. The molecule has 1 amide bonds. The molecule has 0 aliphatic carbocycles. The molecule has 2 fully saturated rings. The van der Waals surface area contributed by atoms with Gasteiger partial charge >= 0.3 is 0 Å². The first kappa shape index (κ1) is 15.0. The number of ether oxygens (including phenoxy) is 1. The van der Waals surface area contributed by atoms with Crippen molar-refractivity contribution in [3.8, 4) is 0 Å². The van der Waals surface area contributed by atoms with Crippen molar-refractivity contribution in [1.29, 1.82) is 0 Å². The zero-order chi connectivity index (χ0) is 15.6. The van der Waals surface area contributed by atoms with E-state index in [1.54, 1.807) is 7.11 Å². The minimum Gasteiger partial charge on any atom is -0.383 e. The van der Waals surface area contributed by atoms with Gasteiger partial charge in [0.15, 0.2) is 0 Å². The van der Waals surface area contributed by atoms with E-state index >= 15 is 0 Å². The fourth-order valence-corrected chi connectivity index (χ4v) is 3.54. The van der Waals surface area contributed by atoms with Gasteiger partial charge in [-0.15, -0.1) is 0 Å². The van der Waals surface area contributed by atoms with E-state index in [0.29, 0.717) is 25.5 Å². The molecule has 2 aliphatic rings. The fraction of sp³-hybridized carbons (Fsp3) is 0.667. The number of carbonyl (C=O) groups is 1. The molecule has 7 nitrogen and oxygen atoms in total. The minimum atomic E-state index is -0.323. The van der Waals surface area contributed by atoms with Crippen LogP contribution in [0, 0.1) is 5.41 Å². The van der Waals surface area contributed by atoms with Crippen molar-refractivity contribution < 1.29 is 9.53 Å². The van der Waals surface area contributed by atoms with E-state index in [0.717, 1.165) is 32.4 Å². The molecule has 1 atom stereocenters. The van der Waals surface area contributed by atoms with Gasteiger partial charge in [0.1, 0.15) is 5.82 Å². The summed E-state index contributed by atoms with van der Waals surface area (Å²) in [5.41, 5.74) is -0.487. The number of H-pyrrole nitrogens is 1. The number of aromatic nitrogens is 2. The Bertz CT molecular complexity index is 602. The highest BCUT2D eigenvalue weighted by Gasteiger charge is 2.48. The Labute approximate surface area is 129 Å². The van der Waals surface area contributed by atoms with Crippen molar-refractivity contribution in [2.24, 2.45) is 5.41 Å². The Hall–Kier alpha value is -1.89. The van der Waals surface area contributed by atoms with Crippen molar-refractivity contribution in [3.05, 3.63) is 22.7 Å². The van der Waals surface area contributed by atoms with Gasteiger partial charge in [0, 0.05) is 39.4 Å². The number of likely N-dealkylation sites (tertiary alicyclic amines) is 1. The molecule has 2 saturated heterocycles. The summed E-state index contributed by atoms with van der Waals surface area (Å²) in [5, 5.41) is 0. The Balaban J connectivity index is 1.74. The largest absolute Gasteiger partial charge is 0.383 e. The van der Waals surface area contributed by atoms with Gasteiger partial charge in [0.2, 0.25) is 5.91 Å². The smallest absolute Gasteiger partial charge is 0.252 e. The molecule has 1 spiro atoms. The Kier molecular flexibility index (Phi) is 4.15. The van der Waals surface area contributed by atoms with Crippen LogP contribution in [0.1, 0.15) is 19.3 Å². The first-order valence-electron chi connectivity index (χ1n) is 7.73. The fourth-order valence-electron chi connectivity index (χ4n) is 3.54. The van der Waals surface area contributed by atoms with Crippen LogP contribution in [0.4, 0.5) is 5.82 Å². The third-order valence-electron chi connectivity index (χ3n) is 4.73. The number of amides is 1. The molecule has 1 aromatic rings. The maximum absolute atomic E-state index is 12.9. The number of aromatic amines is 1. The third-order valence-corrected chi connectivity index (χ3v) is 4.73. The first-order chi connectivity index (χ1) is 10.6. The van der Waals surface area contributed by atoms with Crippen LogP contribution >= 0.6 is 0 Å². The number of piperidine rings is 1.